The molecule has 0 aliphatic heterocycles. The Morgan fingerprint density at radius 2 is 2.10 bits per heavy atom. The highest BCUT2D eigenvalue weighted by Crippen LogP contribution is 2.25. The average Bonchev–Trinajstić information content (AvgIpc) is 2.33. The standard InChI is InChI=1S/C13H16F2N2O3/c1-2-20-10-4-9(5-10)16-7-8-3-13(17(18)19)12(15)6-11(8)14/h3,6,9-10,16H,2,4-5,7H2,1H3. The molecule has 1 fully saturated rings. The molecule has 110 valence electrons. The van der Waals surface area contributed by atoms with Gasteiger partial charge in [-0.05, 0) is 19.8 Å². The lowest BCUT2D eigenvalue weighted by Gasteiger charge is -2.35. The maximum Gasteiger partial charge on any atom is 0.305 e. The van der Waals surface area contributed by atoms with E-state index >= 15 is 0 Å². The van der Waals surface area contributed by atoms with E-state index in [2.05, 4.69) is 5.32 Å². The molecule has 1 aromatic carbocycles. The van der Waals surface area contributed by atoms with Crippen molar-refractivity contribution in [1.29, 1.82) is 0 Å². The number of rotatable bonds is 6. The van der Waals surface area contributed by atoms with Gasteiger partial charge in [-0.25, -0.2) is 4.39 Å². The van der Waals surface area contributed by atoms with Gasteiger partial charge < -0.3 is 10.1 Å². The van der Waals surface area contributed by atoms with E-state index in [9.17, 15) is 18.9 Å². The Kier molecular flexibility index (Phi) is 4.61. The van der Waals surface area contributed by atoms with Crippen molar-refractivity contribution in [2.75, 3.05) is 6.61 Å². The monoisotopic (exact) mass is 286 g/mol. The summed E-state index contributed by atoms with van der Waals surface area (Å²) in [6.45, 7) is 2.72. The van der Waals surface area contributed by atoms with Crippen molar-refractivity contribution in [3.05, 3.63) is 39.4 Å². The highest BCUT2D eigenvalue weighted by atomic mass is 19.1. The fourth-order valence-corrected chi connectivity index (χ4v) is 2.21. The predicted molar refractivity (Wildman–Crippen MR) is 68.3 cm³/mol. The molecular formula is C13H16F2N2O3. The molecule has 1 aromatic rings. The molecule has 0 bridgehead atoms. The van der Waals surface area contributed by atoms with E-state index in [4.69, 9.17) is 4.74 Å². The minimum atomic E-state index is -1.16. The average molecular weight is 286 g/mol. The van der Waals surface area contributed by atoms with Gasteiger partial charge in [0, 0.05) is 36.9 Å². The molecule has 0 amide bonds. The maximum absolute atomic E-state index is 13.5. The van der Waals surface area contributed by atoms with Gasteiger partial charge in [0.1, 0.15) is 5.82 Å². The summed E-state index contributed by atoms with van der Waals surface area (Å²) < 4.78 is 32.1. The second kappa shape index (κ2) is 6.23. The highest BCUT2D eigenvalue weighted by molar-refractivity contribution is 5.37. The number of halogens is 2. The van der Waals surface area contributed by atoms with Crippen LogP contribution in [0, 0.1) is 21.7 Å². The Labute approximate surface area is 115 Å². The number of hydrogen-bond acceptors (Lipinski definition) is 4. The lowest BCUT2D eigenvalue weighted by Crippen LogP contribution is -2.45. The maximum atomic E-state index is 13.5. The van der Waals surface area contributed by atoms with Gasteiger partial charge in [0.05, 0.1) is 11.0 Å². The summed E-state index contributed by atoms with van der Waals surface area (Å²) in [6, 6.07) is 1.70. The molecule has 0 spiro atoms. The van der Waals surface area contributed by atoms with Crippen molar-refractivity contribution in [1.82, 2.24) is 5.32 Å². The number of nitro benzene ring substituents is 1. The van der Waals surface area contributed by atoms with Crippen molar-refractivity contribution < 1.29 is 18.4 Å². The zero-order valence-corrected chi connectivity index (χ0v) is 11.1. The zero-order valence-electron chi connectivity index (χ0n) is 11.1. The first kappa shape index (κ1) is 14.8. The van der Waals surface area contributed by atoms with Crippen molar-refractivity contribution in [3.8, 4) is 0 Å². The van der Waals surface area contributed by atoms with Crippen LogP contribution < -0.4 is 5.32 Å². The van der Waals surface area contributed by atoms with Crippen LogP contribution >= 0.6 is 0 Å². The third kappa shape index (κ3) is 3.29. The summed E-state index contributed by atoms with van der Waals surface area (Å²) in [7, 11) is 0. The van der Waals surface area contributed by atoms with Crippen LogP contribution in [0.3, 0.4) is 0 Å². The molecule has 1 aliphatic rings. The van der Waals surface area contributed by atoms with Crippen LogP contribution in [0.5, 0.6) is 0 Å². The van der Waals surface area contributed by atoms with E-state index in [1.54, 1.807) is 0 Å². The molecule has 7 heteroatoms. The molecule has 0 unspecified atom stereocenters. The number of nitrogens with one attached hydrogen (secondary N) is 1. The van der Waals surface area contributed by atoms with Gasteiger partial charge in [-0.2, -0.15) is 4.39 Å². The number of hydrogen-bond donors (Lipinski definition) is 1. The van der Waals surface area contributed by atoms with Crippen molar-refractivity contribution in [3.63, 3.8) is 0 Å². The van der Waals surface area contributed by atoms with Gasteiger partial charge in [-0.1, -0.05) is 0 Å². The number of ether oxygens (including phenoxy) is 1. The third-order valence-corrected chi connectivity index (χ3v) is 3.39. The lowest BCUT2D eigenvalue weighted by molar-refractivity contribution is -0.387. The van der Waals surface area contributed by atoms with Gasteiger partial charge in [0.2, 0.25) is 5.82 Å². The summed E-state index contributed by atoms with van der Waals surface area (Å²) in [5.41, 5.74) is -0.609. The molecule has 1 saturated carbocycles. The largest absolute Gasteiger partial charge is 0.378 e. The Balaban J connectivity index is 1.93. The Hall–Kier alpha value is -1.60. The summed E-state index contributed by atoms with van der Waals surface area (Å²) in [4.78, 5) is 9.76. The summed E-state index contributed by atoms with van der Waals surface area (Å²) in [5, 5.41) is 13.7. The first-order chi connectivity index (χ1) is 9.51. The normalized spacial score (nSPS) is 21.6. The van der Waals surface area contributed by atoms with Gasteiger partial charge >= 0.3 is 5.69 Å². The predicted octanol–water partition coefficient (Wildman–Crippen LogP) is 2.53. The minimum absolute atomic E-state index is 0.0953. The van der Waals surface area contributed by atoms with Crippen LogP contribution in [0.15, 0.2) is 12.1 Å². The fraction of sp³-hybridized carbons (Fsp3) is 0.538. The molecule has 20 heavy (non-hydrogen) atoms. The lowest BCUT2D eigenvalue weighted by atomic mass is 9.89. The molecule has 1 aliphatic carbocycles. The second-order valence-electron chi connectivity index (χ2n) is 4.78. The van der Waals surface area contributed by atoms with Crippen LogP contribution in [0.1, 0.15) is 25.3 Å². The van der Waals surface area contributed by atoms with E-state index in [1.165, 1.54) is 0 Å². The highest BCUT2D eigenvalue weighted by Gasteiger charge is 2.29. The summed E-state index contributed by atoms with van der Waals surface area (Å²) in [5.74, 6) is -1.93. The Bertz CT molecular complexity index is 505. The molecule has 5 nitrogen and oxygen atoms in total. The quantitative estimate of drug-likeness (QED) is 0.644. The zero-order chi connectivity index (χ0) is 14.7. The minimum Gasteiger partial charge on any atom is -0.378 e. The second-order valence-corrected chi connectivity index (χ2v) is 4.78. The molecule has 0 atom stereocenters. The molecule has 1 N–H and O–H groups in total. The van der Waals surface area contributed by atoms with Crippen molar-refractivity contribution in [2.24, 2.45) is 0 Å². The molecule has 0 radical (unpaired) electrons. The van der Waals surface area contributed by atoms with Gasteiger partial charge in [-0.15, -0.1) is 0 Å². The van der Waals surface area contributed by atoms with Crippen LogP contribution in [-0.2, 0) is 11.3 Å². The van der Waals surface area contributed by atoms with Gasteiger partial charge in [-0.3, -0.25) is 10.1 Å². The van der Waals surface area contributed by atoms with Gasteiger partial charge in [0.25, 0.3) is 0 Å². The first-order valence-corrected chi connectivity index (χ1v) is 6.48. The van der Waals surface area contributed by atoms with E-state index in [1.807, 2.05) is 6.92 Å². The first-order valence-electron chi connectivity index (χ1n) is 6.48. The Morgan fingerprint density at radius 3 is 2.70 bits per heavy atom. The fourth-order valence-electron chi connectivity index (χ4n) is 2.21. The third-order valence-electron chi connectivity index (χ3n) is 3.39. The van der Waals surface area contributed by atoms with Crippen LogP contribution in [-0.4, -0.2) is 23.7 Å². The number of nitro groups is 1. The summed E-state index contributed by atoms with van der Waals surface area (Å²) in [6.07, 6.45) is 1.89. The Morgan fingerprint density at radius 1 is 1.40 bits per heavy atom. The number of benzene rings is 1. The van der Waals surface area contributed by atoms with Crippen LogP contribution in [0.25, 0.3) is 0 Å². The van der Waals surface area contributed by atoms with E-state index < -0.39 is 22.2 Å². The molecule has 0 saturated heterocycles. The summed E-state index contributed by atoms with van der Waals surface area (Å²) >= 11 is 0. The molecular weight excluding hydrogens is 270 g/mol. The molecule has 0 aromatic heterocycles. The molecule has 2 rings (SSSR count). The SMILES string of the molecule is CCOC1CC(NCc2cc([N+](=O)[O-])c(F)cc2F)C1. The van der Waals surface area contributed by atoms with Crippen molar-refractivity contribution >= 4 is 5.69 Å². The topological polar surface area (TPSA) is 64.4 Å². The van der Waals surface area contributed by atoms with Crippen LogP contribution in [0.2, 0.25) is 0 Å². The van der Waals surface area contributed by atoms with Crippen LogP contribution in [0.4, 0.5) is 14.5 Å². The van der Waals surface area contributed by atoms with E-state index in [0.29, 0.717) is 12.7 Å². The number of nitrogens with zero attached hydrogens (tertiary/aromatic N) is 1. The van der Waals surface area contributed by atoms with E-state index in [-0.39, 0.29) is 24.3 Å². The van der Waals surface area contributed by atoms with Gasteiger partial charge in [0.15, 0.2) is 0 Å². The van der Waals surface area contributed by atoms with Crippen molar-refractivity contribution in [2.45, 2.75) is 38.5 Å². The smallest absolute Gasteiger partial charge is 0.305 e. The van der Waals surface area contributed by atoms with E-state index in [0.717, 1.165) is 18.9 Å². The molecule has 0 heterocycles.